The normalized spacial score (nSPS) is 19.6. The summed E-state index contributed by atoms with van der Waals surface area (Å²) < 4.78 is 29.0. The van der Waals surface area contributed by atoms with Gasteiger partial charge in [0, 0.05) is 31.0 Å². The number of nitrogens with two attached hydrogens (primary N) is 1. The molecule has 4 N–H and O–H groups in total. The van der Waals surface area contributed by atoms with Crippen LogP contribution in [0.1, 0.15) is 40.9 Å². The van der Waals surface area contributed by atoms with Gasteiger partial charge in [0.1, 0.15) is 0 Å². The van der Waals surface area contributed by atoms with Crippen molar-refractivity contribution in [3.8, 4) is 0 Å². The van der Waals surface area contributed by atoms with Gasteiger partial charge in [-0.3, -0.25) is 9.78 Å². The van der Waals surface area contributed by atoms with Crippen LogP contribution in [0.25, 0.3) is 10.1 Å². The minimum atomic E-state index is -3.57. The summed E-state index contributed by atoms with van der Waals surface area (Å²) in [5.74, 6) is -0.162. The van der Waals surface area contributed by atoms with Gasteiger partial charge in [-0.15, -0.1) is 11.3 Å². The van der Waals surface area contributed by atoms with Crippen molar-refractivity contribution in [3.63, 3.8) is 0 Å². The first-order valence-corrected chi connectivity index (χ1v) is 12.2. The third-order valence-corrected chi connectivity index (χ3v) is 7.95. The Bertz CT molecular complexity index is 1100. The first-order chi connectivity index (χ1) is 14.4. The highest BCUT2D eigenvalue weighted by molar-refractivity contribution is 7.89. The van der Waals surface area contributed by atoms with Gasteiger partial charge in [0.2, 0.25) is 10.0 Å². The lowest BCUT2D eigenvalue weighted by atomic mass is 9.93. The van der Waals surface area contributed by atoms with Gasteiger partial charge in [-0.2, -0.15) is 0 Å². The lowest BCUT2D eigenvalue weighted by Gasteiger charge is -2.26. The molecule has 1 fully saturated rings. The molecule has 30 heavy (non-hydrogen) atoms. The molecule has 1 aromatic carbocycles. The standard InChI is InChI=1S/C21H24N4O3S2/c22-16-3-5-17(6-4-16)25-30(27,28)18-7-1-14(2-8-18)12-24-21(26)19-11-15-9-10-23-13-20(15)29-19/h1-2,7-11,13,16-17,25H,3-6,12,22H2,(H,24,26)/t16-,17+. The Morgan fingerprint density at radius 3 is 2.57 bits per heavy atom. The number of carbonyl (C=O) groups is 1. The molecule has 1 aliphatic rings. The summed E-state index contributed by atoms with van der Waals surface area (Å²) in [6, 6.07) is 10.4. The zero-order valence-corrected chi connectivity index (χ0v) is 18.0. The molecule has 0 atom stereocenters. The van der Waals surface area contributed by atoms with Crippen molar-refractivity contribution in [2.75, 3.05) is 0 Å². The minimum absolute atomic E-state index is 0.0646. The summed E-state index contributed by atoms with van der Waals surface area (Å²) in [5.41, 5.74) is 6.71. The molecule has 4 rings (SSSR count). The predicted molar refractivity (Wildman–Crippen MR) is 118 cm³/mol. The molecule has 1 aliphatic carbocycles. The van der Waals surface area contributed by atoms with Crippen molar-refractivity contribution in [1.29, 1.82) is 0 Å². The van der Waals surface area contributed by atoms with Crippen LogP contribution in [-0.4, -0.2) is 31.4 Å². The number of hydrogen-bond acceptors (Lipinski definition) is 6. The topological polar surface area (TPSA) is 114 Å². The van der Waals surface area contributed by atoms with Gasteiger partial charge in [-0.1, -0.05) is 12.1 Å². The highest BCUT2D eigenvalue weighted by Gasteiger charge is 2.24. The van der Waals surface area contributed by atoms with Crippen LogP contribution in [0.5, 0.6) is 0 Å². The van der Waals surface area contributed by atoms with Crippen molar-refractivity contribution in [1.82, 2.24) is 15.0 Å². The van der Waals surface area contributed by atoms with Crippen molar-refractivity contribution >= 4 is 37.4 Å². The molecule has 3 aromatic rings. The molecule has 1 saturated carbocycles. The molecular weight excluding hydrogens is 420 g/mol. The molecule has 2 heterocycles. The van der Waals surface area contributed by atoms with Gasteiger partial charge in [-0.05, 0) is 60.9 Å². The number of pyridine rings is 1. The predicted octanol–water partition coefficient (Wildman–Crippen LogP) is 2.77. The van der Waals surface area contributed by atoms with E-state index in [-0.39, 0.29) is 22.9 Å². The summed E-state index contributed by atoms with van der Waals surface area (Å²) in [5, 5.41) is 3.87. The van der Waals surface area contributed by atoms with E-state index in [1.165, 1.54) is 11.3 Å². The van der Waals surface area contributed by atoms with Crippen molar-refractivity contribution in [2.24, 2.45) is 5.73 Å². The number of fused-ring (bicyclic) bond motifs is 1. The fourth-order valence-electron chi connectivity index (χ4n) is 3.58. The number of amides is 1. The minimum Gasteiger partial charge on any atom is -0.347 e. The van der Waals surface area contributed by atoms with E-state index in [1.807, 2.05) is 12.1 Å². The summed E-state index contributed by atoms with van der Waals surface area (Å²) in [4.78, 5) is 17.3. The Morgan fingerprint density at radius 2 is 1.87 bits per heavy atom. The van der Waals surface area contributed by atoms with Gasteiger partial charge < -0.3 is 11.1 Å². The van der Waals surface area contributed by atoms with E-state index in [1.54, 1.807) is 36.7 Å². The summed E-state index contributed by atoms with van der Waals surface area (Å²) in [6.45, 7) is 0.319. The molecule has 1 amide bonds. The molecule has 0 radical (unpaired) electrons. The van der Waals surface area contributed by atoms with Crippen molar-refractivity contribution in [3.05, 3.63) is 59.2 Å². The number of rotatable bonds is 6. The van der Waals surface area contributed by atoms with Crippen molar-refractivity contribution < 1.29 is 13.2 Å². The quantitative estimate of drug-likeness (QED) is 0.541. The molecular formula is C21H24N4O3S2. The summed E-state index contributed by atoms with van der Waals surface area (Å²) in [6.07, 6.45) is 6.64. The number of nitrogens with zero attached hydrogens (tertiary/aromatic N) is 1. The average molecular weight is 445 g/mol. The Kier molecular flexibility index (Phi) is 6.14. The van der Waals surface area contributed by atoms with Gasteiger partial charge in [0.25, 0.3) is 5.91 Å². The van der Waals surface area contributed by atoms with Gasteiger partial charge in [0.15, 0.2) is 0 Å². The van der Waals surface area contributed by atoms with E-state index in [9.17, 15) is 13.2 Å². The average Bonchev–Trinajstić information content (AvgIpc) is 3.18. The van der Waals surface area contributed by atoms with Crippen LogP contribution in [-0.2, 0) is 16.6 Å². The number of carbonyl (C=O) groups excluding carboxylic acids is 1. The molecule has 0 aliphatic heterocycles. The van der Waals surface area contributed by atoms with Gasteiger partial charge in [-0.25, -0.2) is 13.1 Å². The lowest BCUT2D eigenvalue weighted by Crippen LogP contribution is -2.40. The first kappa shape index (κ1) is 20.9. The second-order valence-electron chi connectivity index (χ2n) is 7.58. The number of hydrogen-bond donors (Lipinski definition) is 3. The van der Waals surface area contributed by atoms with Crippen LogP contribution in [0.2, 0.25) is 0 Å². The van der Waals surface area contributed by atoms with E-state index >= 15 is 0 Å². The molecule has 9 heteroatoms. The van der Waals surface area contributed by atoms with E-state index in [0.717, 1.165) is 41.3 Å². The molecule has 0 bridgehead atoms. The third kappa shape index (κ3) is 4.86. The second kappa shape index (κ2) is 8.81. The van der Waals surface area contributed by atoms with Gasteiger partial charge in [0.05, 0.1) is 14.5 Å². The zero-order chi connectivity index (χ0) is 21.1. The van der Waals surface area contributed by atoms with Crippen molar-refractivity contribution in [2.45, 2.75) is 49.2 Å². The summed E-state index contributed by atoms with van der Waals surface area (Å²) >= 11 is 1.39. The second-order valence-corrected chi connectivity index (χ2v) is 10.4. The van der Waals surface area contributed by atoms with E-state index in [0.29, 0.717) is 11.4 Å². The van der Waals surface area contributed by atoms with Crippen LogP contribution in [0.3, 0.4) is 0 Å². The number of aromatic nitrogens is 1. The molecule has 7 nitrogen and oxygen atoms in total. The number of benzene rings is 1. The molecule has 158 valence electrons. The Balaban J connectivity index is 1.35. The maximum Gasteiger partial charge on any atom is 0.261 e. The Hall–Kier alpha value is -2.33. The Morgan fingerprint density at radius 1 is 1.13 bits per heavy atom. The highest BCUT2D eigenvalue weighted by Crippen LogP contribution is 2.24. The molecule has 0 unspecified atom stereocenters. The molecule has 0 spiro atoms. The van der Waals surface area contributed by atoms with Crippen LogP contribution in [0.15, 0.2) is 53.7 Å². The molecule has 0 saturated heterocycles. The number of sulfonamides is 1. The largest absolute Gasteiger partial charge is 0.347 e. The van der Waals surface area contributed by atoms with Gasteiger partial charge >= 0.3 is 0 Å². The highest BCUT2D eigenvalue weighted by atomic mass is 32.2. The van der Waals surface area contributed by atoms with Crippen LogP contribution in [0.4, 0.5) is 0 Å². The van der Waals surface area contributed by atoms with E-state index in [2.05, 4.69) is 15.0 Å². The first-order valence-electron chi connectivity index (χ1n) is 9.89. The van der Waals surface area contributed by atoms with E-state index < -0.39 is 10.0 Å². The maximum atomic E-state index is 12.6. The number of thiophene rings is 1. The smallest absolute Gasteiger partial charge is 0.261 e. The fourth-order valence-corrected chi connectivity index (χ4v) is 5.83. The third-order valence-electron chi connectivity index (χ3n) is 5.33. The number of nitrogens with one attached hydrogen (secondary N) is 2. The lowest BCUT2D eigenvalue weighted by molar-refractivity contribution is 0.0955. The maximum absolute atomic E-state index is 12.6. The summed E-state index contributed by atoms with van der Waals surface area (Å²) in [7, 11) is -3.57. The SMILES string of the molecule is N[C@H]1CC[C@@H](NS(=O)(=O)c2ccc(CNC(=O)c3cc4ccncc4s3)cc2)CC1. The molecule has 2 aromatic heterocycles. The zero-order valence-electron chi connectivity index (χ0n) is 16.4. The van der Waals surface area contributed by atoms with E-state index in [4.69, 9.17) is 5.73 Å². The monoisotopic (exact) mass is 444 g/mol. The van der Waals surface area contributed by atoms with Crippen LogP contribution < -0.4 is 15.8 Å². The van der Waals surface area contributed by atoms with Crippen LogP contribution >= 0.6 is 11.3 Å². The Labute approximate surface area is 179 Å². The fraction of sp³-hybridized carbons (Fsp3) is 0.333. The van der Waals surface area contributed by atoms with Crippen LogP contribution in [0, 0.1) is 0 Å².